The molecule has 0 unspecified atom stereocenters. The molecule has 1 N–H and O–H groups in total. The Kier molecular flexibility index (Phi) is 12.7. The number of carbonyl (C=O) groups excluding carboxylic acids is 1. The Morgan fingerprint density at radius 2 is 1.48 bits per heavy atom. The van der Waals surface area contributed by atoms with Crippen LogP contribution in [0.25, 0.3) is 22.3 Å². The number of ether oxygens (including phenoxy) is 2. The van der Waals surface area contributed by atoms with Gasteiger partial charge in [-0.15, -0.1) is 5.92 Å². The fourth-order valence-electron chi connectivity index (χ4n) is 7.02. The third-order valence-electron chi connectivity index (χ3n) is 12.9. The van der Waals surface area contributed by atoms with Crippen molar-refractivity contribution in [1.29, 1.82) is 0 Å². The van der Waals surface area contributed by atoms with E-state index < -0.39 is 65.8 Å². The lowest BCUT2D eigenvalue weighted by Gasteiger charge is -2.39. The van der Waals surface area contributed by atoms with Crippen molar-refractivity contribution in [3.05, 3.63) is 66.9 Å². The topological polar surface area (TPSA) is 165 Å². The van der Waals surface area contributed by atoms with Crippen LogP contribution in [0, 0.1) is 11.8 Å². The molecule has 4 aromatic heterocycles. The molecule has 2 aliphatic heterocycles. The van der Waals surface area contributed by atoms with Gasteiger partial charge >= 0.3 is 0 Å². The predicted molar refractivity (Wildman–Crippen MR) is 239 cm³/mol. The molecule has 1 aromatic carbocycles. The van der Waals surface area contributed by atoms with Crippen molar-refractivity contribution in [2.45, 2.75) is 147 Å². The minimum absolute atomic E-state index is 0.0649. The van der Waals surface area contributed by atoms with Crippen LogP contribution in [-0.2, 0) is 24.7 Å². The molecule has 338 valence electrons. The number of carbonyl (C=O) groups is 1. The van der Waals surface area contributed by atoms with Crippen LogP contribution in [0.3, 0.4) is 0 Å². The summed E-state index contributed by atoms with van der Waals surface area (Å²) in [5.74, 6) is 6.03. The Morgan fingerprint density at radius 1 is 0.857 bits per heavy atom. The Bertz CT molecular complexity index is 2510. The molecule has 7 rings (SSSR count). The Hall–Kier alpha value is -4.56. The van der Waals surface area contributed by atoms with Crippen LogP contribution in [0.2, 0.25) is 36.3 Å². The summed E-state index contributed by atoms with van der Waals surface area (Å²) in [6, 6.07) is 8.70. The van der Waals surface area contributed by atoms with Crippen molar-refractivity contribution in [2.24, 2.45) is 0 Å². The van der Waals surface area contributed by atoms with Gasteiger partial charge in [-0.2, -0.15) is 0 Å². The minimum atomic E-state index is -2.43. The lowest BCUT2D eigenvalue weighted by atomic mass is 10.1. The SMILES string of the molecule is [2H]C[C@H]1O[C@@H](n2cnc3c(N(CC#CCCc4ncnc5c4ncn5[C@@H]4O[C@H](CO[Si](C)(C)C(C)(C)C)[C@@H](O)[C@H]4F)C(=O)c4ccccc4)ncnc32)[C@H](F)[C@@H]1O[Si](C)(C)C(C)(C)C. The lowest BCUT2D eigenvalue weighted by molar-refractivity contribution is -0.0434. The first-order valence-corrected chi connectivity index (χ1v) is 27.0. The third-order valence-corrected chi connectivity index (χ3v) is 21.9. The van der Waals surface area contributed by atoms with Gasteiger partial charge in [-0.3, -0.25) is 18.8 Å². The number of rotatable bonds is 12. The number of anilines is 1. The van der Waals surface area contributed by atoms with E-state index >= 15 is 8.78 Å². The number of benzene rings is 1. The first kappa shape index (κ1) is 45.0. The van der Waals surface area contributed by atoms with Crippen molar-refractivity contribution >= 4 is 50.7 Å². The van der Waals surface area contributed by atoms with Crippen molar-refractivity contribution in [3.8, 4) is 11.8 Å². The largest absolute Gasteiger partial charge is 0.414 e. The molecule has 63 heavy (non-hydrogen) atoms. The number of aliphatic hydroxyl groups excluding tert-OH is 1. The molecule has 0 bridgehead atoms. The molecule has 1 amide bonds. The number of aliphatic hydroxyl groups is 1. The molecule has 0 aliphatic carbocycles. The van der Waals surface area contributed by atoms with Crippen LogP contribution in [0.5, 0.6) is 0 Å². The fraction of sp³-hybridized carbons (Fsp3) is 0.568. The maximum absolute atomic E-state index is 16.4. The summed E-state index contributed by atoms with van der Waals surface area (Å²) >= 11 is 0. The highest BCUT2D eigenvalue weighted by molar-refractivity contribution is 6.74. The van der Waals surface area contributed by atoms with Gasteiger partial charge in [0.1, 0.15) is 36.5 Å². The normalized spacial score (nSPS) is 24.7. The van der Waals surface area contributed by atoms with Gasteiger partial charge in [0.2, 0.25) is 0 Å². The summed E-state index contributed by atoms with van der Waals surface area (Å²) in [6.45, 7) is 20.6. The molecule has 2 aliphatic rings. The highest BCUT2D eigenvalue weighted by Crippen LogP contribution is 2.43. The number of hydrogen-bond acceptors (Lipinski definition) is 12. The molecule has 0 spiro atoms. The number of halogens is 2. The van der Waals surface area contributed by atoms with Crippen molar-refractivity contribution < 1.29 is 38.4 Å². The van der Waals surface area contributed by atoms with Crippen LogP contribution in [0.4, 0.5) is 14.6 Å². The highest BCUT2D eigenvalue weighted by atomic mass is 28.4. The van der Waals surface area contributed by atoms with Gasteiger partial charge in [-0.25, -0.2) is 38.7 Å². The Labute approximate surface area is 370 Å². The van der Waals surface area contributed by atoms with Gasteiger partial charge in [0.15, 0.2) is 64.1 Å². The average molecular weight is 905 g/mol. The molecule has 2 fully saturated rings. The smallest absolute Gasteiger partial charge is 0.260 e. The molecule has 19 heteroatoms. The van der Waals surface area contributed by atoms with Crippen molar-refractivity contribution in [2.75, 3.05) is 18.1 Å². The van der Waals surface area contributed by atoms with Crippen LogP contribution >= 0.6 is 0 Å². The average Bonchev–Trinajstić information content (AvgIpc) is 4.02. The first-order chi connectivity index (χ1) is 30.1. The summed E-state index contributed by atoms with van der Waals surface area (Å²) in [4.78, 5) is 42.3. The second-order valence-electron chi connectivity index (χ2n) is 19.2. The standard InChI is InChI=1S/C44H59F2N9O6Si2/c1-27-36(61-63(10,11)44(5,6)7)32(46)42(59-27)55-26-52-34-38(49-24-50-39(34)55)53(40(57)28-18-14-12-15-19-28)21-17-13-16-20-29-33-37(48-23-47-29)54(25-51-33)41-31(45)35(56)30(60-41)22-58-62(8,9)43(2,3)4/h12,14-15,18-19,23-27,30-32,35-36,41-42,56H,16,20-22H2,1-11H3/t27-,30-,31-,32-,35-,36-,41-,42-/m1/s1/i1D. The molecule has 0 radical (unpaired) electrons. The van der Waals surface area contributed by atoms with E-state index in [1.807, 2.05) is 19.2 Å². The molecule has 2 saturated heterocycles. The number of hydrogen-bond donors (Lipinski definition) is 1. The van der Waals surface area contributed by atoms with E-state index in [4.69, 9.17) is 19.7 Å². The van der Waals surface area contributed by atoms with Crippen LogP contribution in [0.1, 0.15) is 84.7 Å². The molecule has 8 atom stereocenters. The maximum Gasteiger partial charge on any atom is 0.260 e. The van der Waals surface area contributed by atoms with Gasteiger partial charge in [0.05, 0.1) is 37.6 Å². The third kappa shape index (κ3) is 9.21. The predicted octanol–water partition coefficient (Wildman–Crippen LogP) is 7.51. The zero-order valence-electron chi connectivity index (χ0n) is 38.6. The van der Waals surface area contributed by atoms with E-state index in [1.165, 1.54) is 39.3 Å². The van der Waals surface area contributed by atoms with Crippen LogP contribution in [-0.4, -0.2) is 117 Å². The summed E-state index contributed by atoms with van der Waals surface area (Å²) in [6.07, 6.45) is -3.52. The fourth-order valence-corrected chi connectivity index (χ4v) is 9.35. The minimum Gasteiger partial charge on any atom is -0.414 e. The van der Waals surface area contributed by atoms with E-state index in [-0.39, 0.29) is 53.0 Å². The van der Waals surface area contributed by atoms with E-state index in [1.54, 1.807) is 24.3 Å². The molecule has 0 saturated carbocycles. The summed E-state index contributed by atoms with van der Waals surface area (Å²) in [5, 5.41) is 10.6. The maximum atomic E-state index is 16.4. The molecular weight excluding hydrogens is 845 g/mol. The summed E-state index contributed by atoms with van der Waals surface area (Å²) in [5.41, 5.74) is 2.26. The van der Waals surface area contributed by atoms with E-state index in [9.17, 15) is 9.90 Å². The monoisotopic (exact) mass is 904 g/mol. The van der Waals surface area contributed by atoms with Crippen LogP contribution in [0.15, 0.2) is 55.6 Å². The number of nitrogens with zero attached hydrogens (tertiary/aromatic N) is 9. The number of fused-ring (bicyclic) bond motifs is 2. The lowest BCUT2D eigenvalue weighted by Crippen LogP contribution is -2.47. The van der Waals surface area contributed by atoms with Gasteiger partial charge in [0, 0.05) is 19.8 Å². The number of amides is 1. The quantitative estimate of drug-likeness (QED) is 0.0970. The second-order valence-corrected chi connectivity index (χ2v) is 28.8. The second kappa shape index (κ2) is 17.8. The molecular formula is C44H59F2N9O6Si2. The van der Waals surface area contributed by atoms with E-state index in [0.29, 0.717) is 35.3 Å². The Morgan fingerprint density at radius 3 is 2.13 bits per heavy atom. The number of imidazole rings is 2. The summed E-state index contributed by atoms with van der Waals surface area (Å²) < 4.78 is 68.0. The highest BCUT2D eigenvalue weighted by Gasteiger charge is 2.51. The zero-order valence-corrected chi connectivity index (χ0v) is 39.6. The van der Waals surface area contributed by atoms with E-state index in [2.05, 4.69) is 96.4 Å². The molecule has 15 nitrogen and oxygen atoms in total. The summed E-state index contributed by atoms with van der Waals surface area (Å²) in [7, 11) is -4.60. The number of aryl methyl sites for hydroxylation is 1. The first-order valence-electron chi connectivity index (χ1n) is 21.9. The Balaban J connectivity index is 1.09. The van der Waals surface area contributed by atoms with Crippen molar-refractivity contribution in [1.82, 2.24) is 39.0 Å². The van der Waals surface area contributed by atoms with Gasteiger partial charge in [0.25, 0.3) is 5.91 Å². The van der Waals surface area contributed by atoms with Gasteiger partial charge < -0.3 is 23.4 Å². The zero-order chi connectivity index (χ0) is 46.4. The van der Waals surface area contributed by atoms with Gasteiger partial charge in [-0.05, 0) is 55.3 Å². The van der Waals surface area contributed by atoms with E-state index in [0.717, 1.165) is 0 Å². The van der Waals surface area contributed by atoms with Crippen molar-refractivity contribution in [3.63, 3.8) is 0 Å². The van der Waals surface area contributed by atoms with Crippen LogP contribution < -0.4 is 4.90 Å². The number of aromatic nitrogens is 8. The number of alkyl halides is 2. The molecule has 5 aromatic rings. The van der Waals surface area contributed by atoms with Gasteiger partial charge in [-0.1, -0.05) is 65.7 Å². The molecule has 6 heterocycles.